The molecule has 0 saturated carbocycles. The van der Waals surface area contributed by atoms with Gasteiger partial charge in [-0.1, -0.05) is 15.9 Å². The van der Waals surface area contributed by atoms with Crippen molar-refractivity contribution in [3.05, 3.63) is 12.2 Å². The second-order valence-electron chi connectivity index (χ2n) is 5.02. The molecule has 0 atom stereocenters. The normalized spacial score (nSPS) is 12.8. The van der Waals surface area contributed by atoms with Crippen LogP contribution in [0.3, 0.4) is 0 Å². The highest BCUT2D eigenvalue weighted by Gasteiger charge is 2.23. The van der Waals surface area contributed by atoms with E-state index in [1.807, 2.05) is 4.68 Å². The highest BCUT2D eigenvalue weighted by molar-refractivity contribution is 9.09. The quantitative estimate of drug-likeness (QED) is 0.781. The average Bonchev–Trinajstić information content (AvgIpc) is 2.65. The predicted molar refractivity (Wildman–Crippen MR) is 69.7 cm³/mol. The molecule has 0 spiro atoms. The molecule has 0 bridgehead atoms. The van der Waals surface area contributed by atoms with Crippen molar-refractivity contribution in [2.45, 2.75) is 45.8 Å². The van der Waals surface area contributed by atoms with Gasteiger partial charge in [0.2, 0.25) is 0 Å². The van der Waals surface area contributed by atoms with Crippen molar-refractivity contribution in [2.24, 2.45) is 0 Å². The maximum Gasteiger partial charge on any atom is 0.141 e. The van der Waals surface area contributed by atoms with E-state index in [0.29, 0.717) is 6.04 Å². The number of hydrogen-bond donors (Lipinski definition) is 0. The van der Waals surface area contributed by atoms with Crippen LogP contribution in [-0.2, 0) is 6.54 Å². The molecule has 92 valence electrons. The first kappa shape index (κ1) is 13.6. The molecule has 5 heteroatoms. The predicted octanol–water partition coefficient (Wildman–Crippen LogP) is 2.46. The Labute approximate surface area is 106 Å². The summed E-state index contributed by atoms with van der Waals surface area (Å²) in [5, 5.41) is 5.18. The Morgan fingerprint density at radius 3 is 2.62 bits per heavy atom. The third kappa shape index (κ3) is 3.04. The summed E-state index contributed by atoms with van der Waals surface area (Å²) >= 11 is 3.54. The maximum atomic E-state index is 4.32. The molecule has 0 aromatic carbocycles. The number of halogens is 1. The van der Waals surface area contributed by atoms with Gasteiger partial charge in [0.15, 0.2) is 0 Å². The topological polar surface area (TPSA) is 34.0 Å². The molecule has 1 heterocycles. The summed E-state index contributed by atoms with van der Waals surface area (Å²) in [6.07, 6.45) is 1.63. The van der Waals surface area contributed by atoms with Crippen molar-refractivity contribution < 1.29 is 0 Å². The van der Waals surface area contributed by atoms with Gasteiger partial charge in [-0.05, 0) is 34.7 Å². The monoisotopic (exact) mass is 288 g/mol. The summed E-state index contributed by atoms with van der Waals surface area (Å²) in [5.74, 6) is 1.02. The standard InChI is InChI=1S/C11H21BrN4/c1-9(2)16-10(13-8-14-16)6-15(5)11(3,4)7-12/h8-9H,6-7H2,1-5H3. The van der Waals surface area contributed by atoms with Crippen molar-refractivity contribution in [3.63, 3.8) is 0 Å². The van der Waals surface area contributed by atoms with Crippen LogP contribution >= 0.6 is 15.9 Å². The Morgan fingerprint density at radius 1 is 1.50 bits per heavy atom. The van der Waals surface area contributed by atoms with E-state index in [0.717, 1.165) is 17.7 Å². The van der Waals surface area contributed by atoms with Gasteiger partial charge < -0.3 is 0 Å². The summed E-state index contributed by atoms with van der Waals surface area (Å²) in [4.78, 5) is 6.60. The Kier molecular flexibility index (Phi) is 4.50. The zero-order valence-electron chi connectivity index (χ0n) is 10.7. The third-order valence-electron chi connectivity index (χ3n) is 2.88. The molecule has 0 N–H and O–H groups in total. The molecule has 0 aliphatic carbocycles. The Balaban J connectivity index is 2.77. The molecule has 0 unspecified atom stereocenters. The summed E-state index contributed by atoms with van der Waals surface area (Å²) in [5.41, 5.74) is 0.119. The molecule has 16 heavy (non-hydrogen) atoms. The van der Waals surface area contributed by atoms with Crippen molar-refractivity contribution >= 4 is 15.9 Å². The van der Waals surface area contributed by atoms with Crippen molar-refractivity contribution in [2.75, 3.05) is 12.4 Å². The van der Waals surface area contributed by atoms with E-state index < -0.39 is 0 Å². The number of alkyl halides is 1. The summed E-state index contributed by atoms with van der Waals surface area (Å²) in [6, 6.07) is 0.359. The fraction of sp³-hybridized carbons (Fsp3) is 0.818. The number of hydrogen-bond acceptors (Lipinski definition) is 3. The fourth-order valence-corrected chi connectivity index (χ4v) is 1.77. The van der Waals surface area contributed by atoms with Gasteiger partial charge in [-0.15, -0.1) is 0 Å². The molecular weight excluding hydrogens is 268 g/mol. The summed E-state index contributed by atoms with van der Waals surface area (Å²) in [6.45, 7) is 9.47. The highest BCUT2D eigenvalue weighted by atomic mass is 79.9. The second-order valence-corrected chi connectivity index (χ2v) is 5.58. The van der Waals surface area contributed by atoms with Crippen LogP contribution in [-0.4, -0.2) is 37.6 Å². The van der Waals surface area contributed by atoms with Gasteiger partial charge in [-0.3, -0.25) is 4.90 Å². The van der Waals surface area contributed by atoms with Crippen LogP contribution in [0.15, 0.2) is 6.33 Å². The lowest BCUT2D eigenvalue weighted by Gasteiger charge is -2.33. The minimum Gasteiger partial charge on any atom is -0.293 e. The molecule has 0 aliphatic heterocycles. The van der Waals surface area contributed by atoms with Gasteiger partial charge in [0.1, 0.15) is 12.2 Å². The van der Waals surface area contributed by atoms with E-state index in [2.05, 4.69) is 65.7 Å². The van der Waals surface area contributed by atoms with Gasteiger partial charge in [-0.2, -0.15) is 5.10 Å². The Morgan fingerprint density at radius 2 is 2.12 bits per heavy atom. The van der Waals surface area contributed by atoms with Crippen molar-refractivity contribution in [1.29, 1.82) is 0 Å². The highest BCUT2D eigenvalue weighted by Crippen LogP contribution is 2.18. The van der Waals surface area contributed by atoms with Crippen molar-refractivity contribution in [3.8, 4) is 0 Å². The van der Waals surface area contributed by atoms with Crippen LogP contribution in [0, 0.1) is 0 Å². The fourth-order valence-electron chi connectivity index (χ4n) is 1.35. The van der Waals surface area contributed by atoms with Crippen LogP contribution in [0.5, 0.6) is 0 Å². The molecule has 0 radical (unpaired) electrons. The Bertz CT molecular complexity index is 332. The first-order valence-electron chi connectivity index (χ1n) is 5.54. The lowest BCUT2D eigenvalue weighted by atomic mass is 10.1. The largest absolute Gasteiger partial charge is 0.293 e. The van der Waals surface area contributed by atoms with Crippen LogP contribution in [0.2, 0.25) is 0 Å². The van der Waals surface area contributed by atoms with Gasteiger partial charge >= 0.3 is 0 Å². The molecule has 0 saturated heterocycles. The lowest BCUT2D eigenvalue weighted by molar-refractivity contribution is 0.165. The smallest absolute Gasteiger partial charge is 0.141 e. The van der Waals surface area contributed by atoms with Crippen molar-refractivity contribution in [1.82, 2.24) is 19.7 Å². The van der Waals surface area contributed by atoms with E-state index in [9.17, 15) is 0 Å². The first-order valence-corrected chi connectivity index (χ1v) is 6.66. The minimum absolute atomic E-state index is 0.119. The Hall–Kier alpha value is -0.420. The molecule has 0 aliphatic rings. The second kappa shape index (κ2) is 5.27. The molecule has 0 amide bonds. The molecule has 4 nitrogen and oxygen atoms in total. The maximum absolute atomic E-state index is 4.32. The van der Waals surface area contributed by atoms with Gasteiger partial charge in [-0.25, -0.2) is 9.67 Å². The minimum atomic E-state index is 0.119. The number of rotatable bonds is 5. The van der Waals surface area contributed by atoms with E-state index in [1.54, 1.807) is 6.33 Å². The SMILES string of the molecule is CC(C)n1ncnc1CN(C)C(C)(C)CBr. The molecule has 0 fully saturated rings. The first-order chi connectivity index (χ1) is 7.38. The zero-order chi connectivity index (χ0) is 12.3. The molecule has 1 aromatic rings. The van der Waals surface area contributed by atoms with Crippen LogP contribution in [0.4, 0.5) is 0 Å². The molecular formula is C11H21BrN4. The van der Waals surface area contributed by atoms with E-state index >= 15 is 0 Å². The van der Waals surface area contributed by atoms with Gasteiger partial charge in [0.05, 0.1) is 6.54 Å². The van der Waals surface area contributed by atoms with E-state index in [1.165, 1.54) is 0 Å². The van der Waals surface area contributed by atoms with E-state index in [4.69, 9.17) is 0 Å². The van der Waals surface area contributed by atoms with Crippen LogP contribution < -0.4 is 0 Å². The van der Waals surface area contributed by atoms with Crippen LogP contribution in [0.1, 0.15) is 39.6 Å². The summed E-state index contributed by atoms with van der Waals surface area (Å²) in [7, 11) is 2.11. The molecule has 1 aromatic heterocycles. The summed E-state index contributed by atoms with van der Waals surface area (Å²) < 4.78 is 1.97. The zero-order valence-corrected chi connectivity index (χ0v) is 12.3. The lowest BCUT2D eigenvalue weighted by Crippen LogP contribution is -2.42. The van der Waals surface area contributed by atoms with Crippen LogP contribution in [0.25, 0.3) is 0 Å². The van der Waals surface area contributed by atoms with E-state index in [-0.39, 0.29) is 5.54 Å². The van der Waals surface area contributed by atoms with Gasteiger partial charge in [0, 0.05) is 16.9 Å². The average molecular weight is 289 g/mol. The molecule has 1 rings (SSSR count). The third-order valence-corrected chi connectivity index (χ3v) is 4.25. The number of aromatic nitrogens is 3. The van der Waals surface area contributed by atoms with Gasteiger partial charge in [0.25, 0.3) is 0 Å². The number of nitrogens with zero attached hydrogens (tertiary/aromatic N) is 4.